The van der Waals surface area contributed by atoms with Crippen molar-refractivity contribution in [2.45, 2.75) is 20.0 Å². The molecule has 0 aliphatic rings. The summed E-state index contributed by atoms with van der Waals surface area (Å²) >= 11 is 9.73. The first-order valence-corrected chi connectivity index (χ1v) is 12.0. The largest absolute Gasteiger partial charge is 0.493 e. The van der Waals surface area contributed by atoms with Crippen molar-refractivity contribution in [3.05, 3.63) is 80.8 Å². The zero-order chi connectivity index (χ0) is 25.2. The number of rotatable bonds is 11. The van der Waals surface area contributed by atoms with Crippen molar-refractivity contribution in [2.75, 3.05) is 20.8 Å². The van der Waals surface area contributed by atoms with Gasteiger partial charge in [-0.2, -0.15) is 5.10 Å². The SMILES string of the molecule is CCCOc1ccc(C(=O)N/N=C/c2cc(Br)c(OCc3ccccc3Cl)c(OC)c2)cc1OC. The maximum atomic E-state index is 12.5. The molecule has 0 heterocycles. The summed E-state index contributed by atoms with van der Waals surface area (Å²) in [5, 5.41) is 4.69. The van der Waals surface area contributed by atoms with Crippen molar-refractivity contribution >= 4 is 39.7 Å². The fraction of sp³-hybridized carbons (Fsp3) is 0.231. The predicted molar refractivity (Wildman–Crippen MR) is 140 cm³/mol. The minimum absolute atomic E-state index is 0.282. The van der Waals surface area contributed by atoms with E-state index in [9.17, 15) is 4.79 Å². The van der Waals surface area contributed by atoms with Gasteiger partial charge in [-0.25, -0.2) is 5.43 Å². The summed E-state index contributed by atoms with van der Waals surface area (Å²) in [4.78, 5) is 12.5. The number of ether oxygens (including phenoxy) is 4. The molecule has 0 radical (unpaired) electrons. The number of hydrogen-bond donors (Lipinski definition) is 1. The summed E-state index contributed by atoms with van der Waals surface area (Å²) in [6.45, 7) is 2.86. The van der Waals surface area contributed by atoms with Gasteiger partial charge in [-0.15, -0.1) is 0 Å². The summed E-state index contributed by atoms with van der Waals surface area (Å²) in [5.41, 5.74) is 4.47. The highest BCUT2D eigenvalue weighted by atomic mass is 79.9. The van der Waals surface area contributed by atoms with Crippen LogP contribution >= 0.6 is 27.5 Å². The first-order chi connectivity index (χ1) is 17.0. The number of carbonyl (C=O) groups excluding carboxylic acids is 1. The predicted octanol–water partition coefficient (Wildman–Crippen LogP) is 6.25. The molecule has 3 aromatic rings. The van der Waals surface area contributed by atoms with Gasteiger partial charge in [0.15, 0.2) is 23.0 Å². The molecule has 0 spiro atoms. The molecule has 1 N–H and O–H groups in total. The van der Waals surface area contributed by atoms with Crippen LogP contribution < -0.4 is 24.4 Å². The van der Waals surface area contributed by atoms with E-state index in [-0.39, 0.29) is 12.5 Å². The molecule has 0 saturated heterocycles. The molecule has 0 aliphatic carbocycles. The molecule has 1 amide bonds. The summed E-state index contributed by atoms with van der Waals surface area (Å²) in [6.07, 6.45) is 2.38. The molecule has 0 aromatic heterocycles. The summed E-state index contributed by atoms with van der Waals surface area (Å²) in [5.74, 6) is 1.73. The van der Waals surface area contributed by atoms with E-state index in [0.717, 1.165) is 12.0 Å². The number of hydrogen-bond acceptors (Lipinski definition) is 6. The summed E-state index contributed by atoms with van der Waals surface area (Å²) < 4.78 is 23.1. The molecule has 3 rings (SSSR count). The van der Waals surface area contributed by atoms with E-state index < -0.39 is 0 Å². The molecule has 0 saturated carbocycles. The maximum absolute atomic E-state index is 12.5. The average Bonchev–Trinajstić information content (AvgIpc) is 2.87. The molecule has 0 fully saturated rings. The molecular weight excluding hydrogens is 536 g/mol. The van der Waals surface area contributed by atoms with E-state index in [1.165, 1.54) is 13.3 Å². The van der Waals surface area contributed by atoms with Crippen LogP contribution in [0.5, 0.6) is 23.0 Å². The lowest BCUT2D eigenvalue weighted by atomic mass is 10.2. The van der Waals surface area contributed by atoms with Gasteiger partial charge < -0.3 is 18.9 Å². The third-order valence-corrected chi connectivity index (χ3v) is 5.81. The second-order valence-corrected chi connectivity index (χ2v) is 8.59. The van der Waals surface area contributed by atoms with Crippen molar-refractivity contribution in [2.24, 2.45) is 5.10 Å². The highest BCUT2D eigenvalue weighted by Crippen LogP contribution is 2.37. The Labute approximate surface area is 218 Å². The first kappa shape index (κ1) is 26.4. The molecule has 0 unspecified atom stereocenters. The van der Waals surface area contributed by atoms with Crippen LogP contribution in [0.25, 0.3) is 0 Å². The van der Waals surface area contributed by atoms with Gasteiger partial charge in [0, 0.05) is 16.1 Å². The Bertz CT molecular complexity index is 1200. The quantitative estimate of drug-likeness (QED) is 0.221. The van der Waals surface area contributed by atoms with E-state index >= 15 is 0 Å². The topological polar surface area (TPSA) is 78.4 Å². The number of amides is 1. The van der Waals surface area contributed by atoms with Crippen molar-refractivity contribution in [3.8, 4) is 23.0 Å². The number of nitrogens with zero attached hydrogens (tertiary/aromatic N) is 1. The molecular formula is C26H26BrClN2O5. The van der Waals surface area contributed by atoms with Gasteiger partial charge in [0.1, 0.15) is 6.61 Å². The molecule has 0 aliphatic heterocycles. The van der Waals surface area contributed by atoms with Gasteiger partial charge in [0.25, 0.3) is 5.91 Å². The Hall–Kier alpha value is -3.23. The standard InChI is InChI=1S/C26H26BrClN2O5/c1-4-11-34-22-10-9-18(14-23(22)32-2)26(31)30-29-15-17-12-20(27)25(24(13-17)33-3)35-16-19-7-5-6-8-21(19)28/h5-10,12-15H,4,11,16H2,1-3H3,(H,30,31)/b29-15+. The lowest BCUT2D eigenvalue weighted by molar-refractivity contribution is 0.0954. The smallest absolute Gasteiger partial charge is 0.271 e. The third-order valence-electron chi connectivity index (χ3n) is 4.85. The maximum Gasteiger partial charge on any atom is 0.271 e. The number of halogens is 2. The lowest BCUT2D eigenvalue weighted by Gasteiger charge is -2.14. The van der Waals surface area contributed by atoms with Crippen molar-refractivity contribution in [1.29, 1.82) is 0 Å². The second kappa shape index (κ2) is 13.0. The molecule has 0 atom stereocenters. The second-order valence-electron chi connectivity index (χ2n) is 7.33. The van der Waals surface area contributed by atoms with Crippen LogP contribution in [0.4, 0.5) is 0 Å². The monoisotopic (exact) mass is 560 g/mol. The summed E-state index contributed by atoms with van der Waals surface area (Å²) in [7, 11) is 3.08. The van der Waals surface area contributed by atoms with Gasteiger partial charge in [-0.05, 0) is 64.3 Å². The van der Waals surface area contributed by atoms with Gasteiger partial charge >= 0.3 is 0 Å². The lowest BCUT2D eigenvalue weighted by Crippen LogP contribution is -2.17. The number of benzene rings is 3. The average molecular weight is 562 g/mol. The Morgan fingerprint density at radius 1 is 1.03 bits per heavy atom. The Morgan fingerprint density at radius 2 is 1.80 bits per heavy atom. The van der Waals surface area contributed by atoms with E-state index in [2.05, 4.69) is 26.5 Å². The van der Waals surface area contributed by atoms with Gasteiger partial charge in [0.05, 0.1) is 31.5 Å². The number of methoxy groups -OCH3 is 2. The zero-order valence-corrected chi connectivity index (χ0v) is 22.0. The van der Waals surface area contributed by atoms with Crippen LogP contribution in [-0.2, 0) is 6.61 Å². The van der Waals surface area contributed by atoms with Crippen LogP contribution in [0.1, 0.15) is 34.8 Å². The Balaban J connectivity index is 1.68. The first-order valence-electron chi connectivity index (χ1n) is 10.8. The fourth-order valence-corrected chi connectivity index (χ4v) is 3.85. The van der Waals surface area contributed by atoms with Gasteiger partial charge in [-0.3, -0.25) is 4.79 Å². The molecule has 9 heteroatoms. The van der Waals surface area contributed by atoms with Crippen LogP contribution in [0.15, 0.2) is 64.2 Å². The Morgan fingerprint density at radius 3 is 2.51 bits per heavy atom. The van der Waals surface area contributed by atoms with E-state index in [4.69, 9.17) is 30.5 Å². The fourth-order valence-electron chi connectivity index (χ4n) is 3.09. The molecule has 7 nitrogen and oxygen atoms in total. The van der Waals surface area contributed by atoms with E-state index in [0.29, 0.717) is 50.2 Å². The van der Waals surface area contributed by atoms with Crippen molar-refractivity contribution in [1.82, 2.24) is 5.43 Å². The number of carbonyl (C=O) groups is 1. The van der Waals surface area contributed by atoms with Crippen molar-refractivity contribution < 1.29 is 23.7 Å². The molecule has 184 valence electrons. The molecule has 3 aromatic carbocycles. The van der Waals surface area contributed by atoms with Gasteiger partial charge in [0.2, 0.25) is 0 Å². The normalized spacial score (nSPS) is 10.8. The van der Waals surface area contributed by atoms with Crippen molar-refractivity contribution in [3.63, 3.8) is 0 Å². The zero-order valence-electron chi connectivity index (χ0n) is 19.6. The minimum atomic E-state index is -0.382. The highest BCUT2D eigenvalue weighted by Gasteiger charge is 2.13. The highest BCUT2D eigenvalue weighted by molar-refractivity contribution is 9.10. The van der Waals surface area contributed by atoms with E-state index in [1.807, 2.05) is 37.3 Å². The Kier molecular flexibility index (Phi) is 9.81. The third kappa shape index (κ3) is 7.13. The van der Waals surface area contributed by atoms with Crippen LogP contribution in [0, 0.1) is 0 Å². The minimum Gasteiger partial charge on any atom is -0.493 e. The summed E-state index contributed by atoms with van der Waals surface area (Å²) in [6, 6.07) is 16.0. The molecule has 0 bridgehead atoms. The number of nitrogens with one attached hydrogen (secondary N) is 1. The van der Waals surface area contributed by atoms with Crippen LogP contribution in [0.2, 0.25) is 5.02 Å². The molecule has 35 heavy (non-hydrogen) atoms. The van der Waals surface area contributed by atoms with E-state index in [1.54, 1.807) is 31.4 Å². The number of hydrazone groups is 1. The van der Waals surface area contributed by atoms with Crippen LogP contribution in [0.3, 0.4) is 0 Å². The van der Waals surface area contributed by atoms with Gasteiger partial charge in [-0.1, -0.05) is 36.7 Å². The van der Waals surface area contributed by atoms with Crippen LogP contribution in [-0.4, -0.2) is 32.9 Å².